The summed E-state index contributed by atoms with van der Waals surface area (Å²) in [5.74, 6) is -1.76. The molecule has 0 aliphatic heterocycles. The Kier molecular flexibility index (Phi) is 7.40. The van der Waals surface area contributed by atoms with Gasteiger partial charge in [0.05, 0.1) is 6.61 Å². The quantitative estimate of drug-likeness (QED) is 0.510. The first-order chi connectivity index (χ1) is 8.56. The Morgan fingerprint density at radius 2 is 1.79 bits per heavy atom. The summed E-state index contributed by atoms with van der Waals surface area (Å²) in [6.45, 7) is 1.62. The van der Waals surface area contributed by atoms with Crippen molar-refractivity contribution < 1.29 is 23.9 Å². The molecule has 1 unspecified atom stereocenters. The zero-order valence-corrected chi connectivity index (χ0v) is 11.0. The normalized spacial score (nSPS) is 10.8. The van der Waals surface area contributed by atoms with E-state index in [1.165, 1.54) is 12.1 Å². The number of benzene rings is 1. The van der Waals surface area contributed by atoms with E-state index in [0.29, 0.717) is 0 Å². The van der Waals surface area contributed by atoms with Gasteiger partial charge in [0.15, 0.2) is 11.8 Å². The molecule has 1 atom stereocenters. The maximum atomic E-state index is 11.7. The van der Waals surface area contributed by atoms with Crippen molar-refractivity contribution >= 4 is 30.3 Å². The number of esters is 1. The molecule has 7 heteroatoms. The maximum absolute atomic E-state index is 11.7. The number of Topliss-reactive ketones (excluding diaryl/α,β-unsaturated/α-hetero) is 1. The highest BCUT2D eigenvalue weighted by Gasteiger charge is 2.27. The van der Waals surface area contributed by atoms with Gasteiger partial charge in [0.25, 0.3) is 0 Å². The largest absolute Gasteiger partial charge is 0.516 e. The lowest BCUT2D eigenvalue weighted by molar-refractivity contribution is -0.140. The standard InChI is InChI=1S/C12H13NO5.ClH/c1-2-17-12(16)18-11(15)9(13)10(14)8-6-4-3-5-7-8;/h3-7,9H,2,13H2,1H3;1H. The highest BCUT2D eigenvalue weighted by molar-refractivity contribution is 6.13. The first-order valence-electron chi connectivity index (χ1n) is 5.29. The molecule has 0 saturated carbocycles. The second kappa shape index (κ2) is 8.23. The van der Waals surface area contributed by atoms with E-state index < -0.39 is 23.9 Å². The number of ketones is 1. The van der Waals surface area contributed by atoms with Gasteiger partial charge < -0.3 is 15.2 Å². The van der Waals surface area contributed by atoms with Crippen molar-refractivity contribution in [2.75, 3.05) is 6.61 Å². The zero-order chi connectivity index (χ0) is 13.5. The Morgan fingerprint density at radius 3 is 2.32 bits per heavy atom. The van der Waals surface area contributed by atoms with Gasteiger partial charge in [0.1, 0.15) is 0 Å². The molecule has 0 saturated heterocycles. The second-order valence-corrected chi connectivity index (χ2v) is 3.31. The van der Waals surface area contributed by atoms with Crippen molar-refractivity contribution in [2.24, 2.45) is 5.73 Å². The van der Waals surface area contributed by atoms with Gasteiger partial charge in [-0.1, -0.05) is 30.3 Å². The third kappa shape index (κ3) is 5.07. The van der Waals surface area contributed by atoms with Crippen LogP contribution in [0, 0.1) is 0 Å². The minimum absolute atomic E-state index is 0. The molecule has 19 heavy (non-hydrogen) atoms. The highest BCUT2D eigenvalue weighted by atomic mass is 35.5. The van der Waals surface area contributed by atoms with E-state index in [1.807, 2.05) is 0 Å². The first-order valence-corrected chi connectivity index (χ1v) is 5.29. The summed E-state index contributed by atoms with van der Waals surface area (Å²) in [6.07, 6.45) is -1.17. The van der Waals surface area contributed by atoms with Crippen LogP contribution in [0.15, 0.2) is 30.3 Å². The maximum Gasteiger partial charge on any atom is 0.516 e. The molecule has 0 spiro atoms. The molecule has 1 aromatic rings. The van der Waals surface area contributed by atoms with Gasteiger partial charge in [0, 0.05) is 5.56 Å². The van der Waals surface area contributed by atoms with Gasteiger partial charge >= 0.3 is 12.1 Å². The number of carbonyl (C=O) groups excluding carboxylic acids is 3. The van der Waals surface area contributed by atoms with Gasteiger partial charge in [-0.25, -0.2) is 9.59 Å². The van der Waals surface area contributed by atoms with Crippen molar-refractivity contribution in [3.8, 4) is 0 Å². The van der Waals surface area contributed by atoms with Crippen LogP contribution in [-0.2, 0) is 14.3 Å². The van der Waals surface area contributed by atoms with Crippen molar-refractivity contribution in [2.45, 2.75) is 13.0 Å². The summed E-state index contributed by atoms with van der Waals surface area (Å²) in [7, 11) is 0. The number of hydrogen-bond acceptors (Lipinski definition) is 6. The summed E-state index contributed by atoms with van der Waals surface area (Å²) in [4.78, 5) is 34.0. The van der Waals surface area contributed by atoms with Gasteiger partial charge in [-0.15, -0.1) is 12.4 Å². The Hall–Kier alpha value is -1.92. The van der Waals surface area contributed by atoms with Gasteiger partial charge in [-0.3, -0.25) is 4.79 Å². The van der Waals surface area contributed by atoms with Gasteiger partial charge in [-0.05, 0) is 6.92 Å². The number of nitrogens with two attached hydrogens (primary N) is 1. The molecule has 0 amide bonds. The van der Waals surface area contributed by atoms with Crippen LogP contribution in [0.4, 0.5) is 4.79 Å². The fraction of sp³-hybridized carbons (Fsp3) is 0.250. The van der Waals surface area contributed by atoms with E-state index in [1.54, 1.807) is 25.1 Å². The van der Waals surface area contributed by atoms with Crippen LogP contribution >= 0.6 is 12.4 Å². The molecule has 0 aliphatic carbocycles. The number of rotatable bonds is 4. The Labute approximate surface area is 116 Å². The van der Waals surface area contributed by atoms with Crippen molar-refractivity contribution in [1.82, 2.24) is 0 Å². The minimum Gasteiger partial charge on any atom is -0.434 e. The molecule has 1 aromatic carbocycles. The molecular formula is C12H14ClNO5. The monoisotopic (exact) mass is 287 g/mol. The van der Waals surface area contributed by atoms with E-state index in [0.717, 1.165) is 0 Å². The Bertz CT molecular complexity index is 449. The van der Waals surface area contributed by atoms with Gasteiger partial charge in [0.2, 0.25) is 0 Å². The van der Waals surface area contributed by atoms with E-state index >= 15 is 0 Å². The molecule has 0 radical (unpaired) electrons. The minimum atomic E-state index is -1.54. The van der Waals surface area contributed by atoms with E-state index in [-0.39, 0.29) is 24.6 Å². The second-order valence-electron chi connectivity index (χ2n) is 3.31. The molecule has 104 valence electrons. The molecular weight excluding hydrogens is 274 g/mol. The molecule has 0 fully saturated rings. The summed E-state index contributed by atoms with van der Waals surface area (Å²) in [6, 6.07) is 6.48. The molecule has 2 N–H and O–H groups in total. The SMILES string of the molecule is CCOC(=O)OC(=O)C(N)C(=O)c1ccccc1.Cl. The topological polar surface area (TPSA) is 95.7 Å². The van der Waals surface area contributed by atoms with Crippen molar-refractivity contribution in [3.63, 3.8) is 0 Å². The smallest absolute Gasteiger partial charge is 0.434 e. The predicted molar refractivity (Wildman–Crippen MR) is 69.1 cm³/mol. The average molecular weight is 288 g/mol. The van der Waals surface area contributed by atoms with Crippen LogP contribution in [0.5, 0.6) is 0 Å². The molecule has 6 nitrogen and oxygen atoms in total. The van der Waals surface area contributed by atoms with Gasteiger partial charge in [-0.2, -0.15) is 0 Å². The molecule has 0 bridgehead atoms. The third-order valence-corrected chi connectivity index (χ3v) is 2.04. The van der Waals surface area contributed by atoms with E-state index in [9.17, 15) is 14.4 Å². The highest BCUT2D eigenvalue weighted by Crippen LogP contribution is 2.04. The number of ether oxygens (including phenoxy) is 2. The van der Waals surface area contributed by atoms with Crippen molar-refractivity contribution in [1.29, 1.82) is 0 Å². The summed E-state index contributed by atoms with van der Waals surface area (Å²) in [5, 5.41) is 0. The Morgan fingerprint density at radius 1 is 1.21 bits per heavy atom. The lowest BCUT2D eigenvalue weighted by Crippen LogP contribution is -2.41. The van der Waals surface area contributed by atoms with Crippen molar-refractivity contribution in [3.05, 3.63) is 35.9 Å². The van der Waals surface area contributed by atoms with Crippen LogP contribution < -0.4 is 5.73 Å². The summed E-state index contributed by atoms with van der Waals surface area (Å²) < 4.78 is 8.65. The number of hydrogen-bond donors (Lipinski definition) is 1. The lowest BCUT2D eigenvalue weighted by Gasteiger charge is -2.09. The predicted octanol–water partition coefficient (Wildman–Crippen LogP) is 1.32. The van der Waals surface area contributed by atoms with Crippen LogP contribution in [0.25, 0.3) is 0 Å². The lowest BCUT2D eigenvalue weighted by atomic mass is 10.1. The molecule has 0 aromatic heterocycles. The summed E-state index contributed by atoms with van der Waals surface area (Å²) in [5.41, 5.74) is 5.67. The molecule has 0 aliphatic rings. The Balaban J connectivity index is 0.00000324. The summed E-state index contributed by atoms with van der Waals surface area (Å²) >= 11 is 0. The number of halogens is 1. The van der Waals surface area contributed by atoms with Crippen LogP contribution in [-0.4, -0.2) is 30.6 Å². The van der Waals surface area contributed by atoms with Crippen LogP contribution in [0.2, 0.25) is 0 Å². The third-order valence-electron chi connectivity index (χ3n) is 2.04. The molecule has 1 rings (SSSR count). The zero-order valence-electron chi connectivity index (χ0n) is 10.2. The fourth-order valence-electron chi connectivity index (χ4n) is 1.18. The fourth-order valence-corrected chi connectivity index (χ4v) is 1.18. The first kappa shape index (κ1) is 17.1. The number of carbonyl (C=O) groups is 3. The van der Waals surface area contributed by atoms with E-state index in [4.69, 9.17) is 5.73 Å². The van der Waals surface area contributed by atoms with E-state index in [2.05, 4.69) is 9.47 Å². The van der Waals surface area contributed by atoms with Crippen LogP contribution in [0.1, 0.15) is 17.3 Å². The molecule has 0 heterocycles. The average Bonchev–Trinajstić information content (AvgIpc) is 2.38. The van der Waals surface area contributed by atoms with Crippen LogP contribution in [0.3, 0.4) is 0 Å².